The minimum absolute atomic E-state index is 0.0686. The molecule has 0 unspecified atom stereocenters. The Hall–Kier alpha value is -3.25. The van der Waals surface area contributed by atoms with E-state index in [1.807, 2.05) is 13.8 Å². The predicted octanol–water partition coefficient (Wildman–Crippen LogP) is 2.84. The number of fused-ring (bicyclic) bond motifs is 2. The highest BCUT2D eigenvalue weighted by atomic mass is 32.2. The maximum atomic E-state index is 14.0. The van der Waals surface area contributed by atoms with Crippen molar-refractivity contribution in [3.63, 3.8) is 0 Å². The Morgan fingerprint density at radius 3 is 2.57 bits per heavy atom. The summed E-state index contributed by atoms with van der Waals surface area (Å²) in [4.78, 5) is 13.0. The molecule has 3 aromatic rings. The van der Waals surface area contributed by atoms with Crippen molar-refractivity contribution in [2.24, 2.45) is 10.3 Å². The number of sulfonamides is 1. The molecule has 0 spiro atoms. The summed E-state index contributed by atoms with van der Waals surface area (Å²) >= 11 is 0. The van der Waals surface area contributed by atoms with Crippen LogP contribution in [0.4, 0.5) is 10.1 Å². The molecule has 9 nitrogen and oxygen atoms in total. The Morgan fingerprint density at radius 2 is 1.91 bits per heavy atom. The fraction of sp³-hybridized carbons (Fsp3) is 0.304. The van der Waals surface area contributed by atoms with E-state index in [1.165, 1.54) is 30.3 Å². The quantitative estimate of drug-likeness (QED) is 0.509. The molecule has 0 amide bonds. The molecule has 1 aliphatic heterocycles. The molecule has 0 fully saturated rings. The van der Waals surface area contributed by atoms with Gasteiger partial charge in [-0.05, 0) is 48.6 Å². The number of hydrogen-bond acceptors (Lipinski definition) is 7. The fourth-order valence-corrected chi connectivity index (χ4v) is 5.94. The highest BCUT2D eigenvalue weighted by molar-refractivity contribution is 7.90. The van der Waals surface area contributed by atoms with Crippen LogP contribution in [0.3, 0.4) is 0 Å². The average molecular weight is 522 g/mol. The van der Waals surface area contributed by atoms with Crippen LogP contribution in [0, 0.1) is 11.7 Å². The van der Waals surface area contributed by atoms with Crippen molar-refractivity contribution < 1.29 is 26.3 Å². The van der Waals surface area contributed by atoms with E-state index in [0.717, 1.165) is 16.9 Å². The number of amidine groups is 1. The fourth-order valence-electron chi connectivity index (χ4n) is 3.98. The van der Waals surface area contributed by atoms with Gasteiger partial charge < -0.3 is 10.4 Å². The first-order chi connectivity index (χ1) is 16.3. The molecular weight excluding hydrogens is 497 g/mol. The SMILES string of the molecule is CC(C)CCc1c(O)c(C2=NS(=O)(=O)c3cc(CS(C)(=O)=O)ccc3N2)c(=O)n2cc(F)ccc12. The molecule has 0 saturated carbocycles. The summed E-state index contributed by atoms with van der Waals surface area (Å²) in [5.74, 6) is -1.60. The van der Waals surface area contributed by atoms with E-state index in [4.69, 9.17) is 0 Å². The largest absolute Gasteiger partial charge is 0.507 e. The summed E-state index contributed by atoms with van der Waals surface area (Å²) in [5, 5.41) is 13.9. The zero-order valence-electron chi connectivity index (χ0n) is 19.2. The molecule has 0 radical (unpaired) electrons. The maximum Gasteiger partial charge on any atom is 0.286 e. The van der Waals surface area contributed by atoms with Crippen LogP contribution < -0.4 is 10.9 Å². The van der Waals surface area contributed by atoms with Crippen molar-refractivity contribution in [1.82, 2.24) is 4.40 Å². The number of aromatic hydroxyl groups is 1. The van der Waals surface area contributed by atoms with Crippen molar-refractivity contribution in [3.05, 3.63) is 69.4 Å². The van der Waals surface area contributed by atoms with Gasteiger partial charge in [-0.2, -0.15) is 8.42 Å². The predicted molar refractivity (Wildman–Crippen MR) is 131 cm³/mol. The molecule has 4 rings (SSSR count). The van der Waals surface area contributed by atoms with Crippen LogP contribution in [0.25, 0.3) is 5.52 Å². The molecule has 1 aromatic carbocycles. The van der Waals surface area contributed by atoms with Gasteiger partial charge in [0.15, 0.2) is 15.7 Å². The van der Waals surface area contributed by atoms with Crippen LogP contribution >= 0.6 is 0 Å². The van der Waals surface area contributed by atoms with Crippen LogP contribution in [0.2, 0.25) is 0 Å². The highest BCUT2D eigenvalue weighted by Gasteiger charge is 2.30. The molecule has 2 aromatic heterocycles. The summed E-state index contributed by atoms with van der Waals surface area (Å²) in [5.41, 5.74) is -0.243. The van der Waals surface area contributed by atoms with Gasteiger partial charge in [0.1, 0.15) is 22.0 Å². The zero-order chi connectivity index (χ0) is 25.7. The Balaban J connectivity index is 1.91. The van der Waals surface area contributed by atoms with Gasteiger partial charge in [0, 0.05) is 18.0 Å². The third kappa shape index (κ3) is 4.94. The number of sulfone groups is 1. The molecule has 1 aliphatic rings. The highest BCUT2D eigenvalue weighted by Crippen LogP contribution is 2.33. The van der Waals surface area contributed by atoms with Gasteiger partial charge in [-0.15, -0.1) is 4.40 Å². The third-order valence-corrected chi connectivity index (χ3v) is 7.78. The minimum Gasteiger partial charge on any atom is -0.507 e. The maximum absolute atomic E-state index is 14.0. The monoisotopic (exact) mass is 521 g/mol. The Labute approximate surface area is 201 Å². The number of halogens is 1. The van der Waals surface area contributed by atoms with E-state index < -0.39 is 48.4 Å². The molecule has 3 heterocycles. The normalized spacial score (nSPS) is 15.1. The Morgan fingerprint density at radius 1 is 1.20 bits per heavy atom. The second-order valence-electron chi connectivity index (χ2n) is 8.98. The molecule has 0 bridgehead atoms. The lowest BCUT2D eigenvalue weighted by molar-refractivity contribution is 0.461. The van der Waals surface area contributed by atoms with E-state index in [9.17, 15) is 31.1 Å². The van der Waals surface area contributed by atoms with Crippen LogP contribution in [0.15, 0.2) is 50.6 Å². The molecule has 35 heavy (non-hydrogen) atoms. The number of aryl methyl sites for hydroxylation is 1. The summed E-state index contributed by atoms with van der Waals surface area (Å²) in [6, 6.07) is 6.59. The van der Waals surface area contributed by atoms with Crippen LogP contribution in [-0.4, -0.2) is 38.4 Å². The first-order valence-electron chi connectivity index (χ1n) is 10.8. The van der Waals surface area contributed by atoms with Gasteiger partial charge >= 0.3 is 0 Å². The molecule has 0 aliphatic carbocycles. The van der Waals surface area contributed by atoms with E-state index in [-0.39, 0.29) is 27.8 Å². The molecule has 12 heteroatoms. The van der Waals surface area contributed by atoms with Gasteiger partial charge in [-0.1, -0.05) is 19.9 Å². The number of hydrogen-bond donors (Lipinski definition) is 2. The van der Waals surface area contributed by atoms with E-state index in [0.29, 0.717) is 23.9 Å². The molecule has 186 valence electrons. The lowest BCUT2D eigenvalue weighted by atomic mass is 9.99. The third-order valence-electron chi connectivity index (χ3n) is 5.60. The first kappa shape index (κ1) is 24.9. The molecular formula is C23H24FN3O6S2. The van der Waals surface area contributed by atoms with Gasteiger partial charge in [0.25, 0.3) is 15.6 Å². The molecule has 0 saturated heterocycles. The van der Waals surface area contributed by atoms with Crippen LogP contribution in [0.5, 0.6) is 5.75 Å². The molecule has 2 N–H and O–H groups in total. The summed E-state index contributed by atoms with van der Waals surface area (Å²) in [6.07, 6.45) is 3.02. The van der Waals surface area contributed by atoms with E-state index in [2.05, 4.69) is 9.71 Å². The van der Waals surface area contributed by atoms with Crippen molar-refractivity contribution in [2.75, 3.05) is 11.6 Å². The van der Waals surface area contributed by atoms with Gasteiger partial charge in [-0.3, -0.25) is 9.20 Å². The van der Waals surface area contributed by atoms with Crippen molar-refractivity contribution in [3.8, 4) is 5.75 Å². The number of pyridine rings is 2. The summed E-state index contributed by atoms with van der Waals surface area (Å²) in [7, 11) is -7.76. The van der Waals surface area contributed by atoms with Crippen molar-refractivity contribution >= 4 is 36.9 Å². The van der Waals surface area contributed by atoms with Crippen molar-refractivity contribution in [1.29, 1.82) is 0 Å². The second-order valence-corrected chi connectivity index (χ2v) is 12.7. The zero-order valence-corrected chi connectivity index (χ0v) is 20.9. The number of anilines is 1. The number of rotatable bonds is 6. The number of nitrogens with one attached hydrogen (secondary N) is 1. The topological polar surface area (TPSA) is 134 Å². The number of aromatic nitrogens is 1. The summed E-state index contributed by atoms with van der Waals surface area (Å²) < 4.78 is 68.0. The van der Waals surface area contributed by atoms with Gasteiger partial charge in [0.05, 0.1) is 17.0 Å². The second kappa shape index (κ2) is 8.76. The average Bonchev–Trinajstić information content (AvgIpc) is 2.73. The number of nitrogens with zero attached hydrogens (tertiary/aromatic N) is 2. The van der Waals surface area contributed by atoms with Crippen LogP contribution in [0.1, 0.15) is 37.0 Å². The van der Waals surface area contributed by atoms with Gasteiger partial charge in [-0.25, -0.2) is 12.8 Å². The minimum atomic E-state index is -4.35. The van der Waals surface area contributed by atoms with Gasteiger partial charge in [0.2, 0.25) is 0 Å². The molecule has 0 atom stereocenters. The number of benzene rings is 1. The summed E-state index contributed by atoms with van der Waals surface area (Å²) in [6.45, 7) is 3.98. The smallest absolute Gasteiger partial charge is 0.286 e. The van der Waals surface area contributed by atoms with Crippen molar-refractivity contribution in [2.45, 2.75) is 37.3 Å². The van der Waals surface area contributed by atoms with E-state index >= 15 is 0 Å². The lowest BCUT2D eigenvalue weighted by Gasteiger charge is -2.21. The first-order valence-corrected chi connectivity index (χ1v) is 14.3. The Bertz CT molecular complexity index is 1660. The van der Waals surface area contributed by atoms with Crippen LogP contribution in [-0.2, 0) is 32.0 Å². The lowest BCUT2D eigenvalue weighted by Crippen LogP contribution is -2.31. The van der Waals surface area contributed by atoms with E-state index in [1.54, 1.807) is 0 Å². The standard InChI is InChI=1S/C23H24FN3O6S2/c1-13(2)4-7-16-18-9-6-15(24)11-27(18)23(29)20(21(16)28)22-25-17-8-5-14(12-34(3,30)31)10-19(17)35(32,33)26-22/h5-6,8-11,13,28H,4,7,12H2,1-3H3,(H,25,26). The Kier molecular flexibility index (Phi) is 6.22.